The zero-order valence-electron chi connectivity index (χ0n) is 16.3. The highest BCUT2D eigenvalue weighted by atomic mass is 35.5. The Morgan fingerprint density at radius 1 is 1.17 bits per heavy atom. The van der Waals surface area contributed by atoms with E-state index in [0.29, 0.717) is 17.1 Å². The molecule has 1 heterocycles. The highest BCUT2D eigenvalue weighted by molar-refractivity contribution is 7.89. The van der Waals surface area contributed by atoms with Crippen molar-refractivity contribution < 1.29 is 13.2 Å². The van der Waals surface area contributed by atoms with Gasteiger partial charge in [-0.05, 0) is 61.7 Å². The SMILES string of the molecule is Cc1nc2ccc(S(=O)(=O)N[C@@H](CC(C)C)C(=O)Nc3ccc(Cl)cc3)cc2s1. The van der Waals surface area contributed by atoms with Crippen molar-refractivity contribution >= 4 is 54.8 Å². The first-order chi connectivity index (χ1) is 13.6. The maximum absolute atomic E-state index is 13.0. The van der Waals surface area contributed by atoms with E-state index in [-0.39, 0.29) is 10.8 Å². The summed E-state index contributed by atoms with van der Waals surface area (Å²) >= 11 is 7.30. The van der Waals surface area contributed by atoms with Gasteiger partial charge < -0.3 is 5.32 Å². The van der Waals surface area contributed by atoms with E-state index < -0.39 is 22.0 Å². The molecule has 0 unspecified atom stereocenters. The van der Waals surface area contributed by atoms with E-state index in [1.165, 1.54) is 17.4 Å². The molecule has 1 amide bonds. The van der Waals surface area contributed by atoms with Crippen LogP contribution >= 0.6 is 22.9 Å². The summed E-state index contributed by atoms with van der Waals surface area (Å²) in [5.41, 5.74) is 1.31. The number of aryl methyl sites for hydroxylation is 1. The molecule has 3 aromatic rings. The Hall–Kier alpha value is -2.00. The lowest BCUT2D eigenvalue weighted by atomic mass is 10.0. The minimum Gasteiger partial charge on any atom is -0.325 e. The molecule has 1 aromatic heterocycles. The Kier molecular flexibility index (Phi) is 6.58. The summed E-state index contributed by atoms with van der Waals surface area (Å²) in [5, 5.41) is 4.16. The number of nitrogens with zero attached hydrogens (tertiary/aromatic N) is 1. The lowest BCUT2D eigenvalue weighted by Gasteiger charge is -2.20. The van der Waals surface area contributed by atoms with Gasteiger partial charge in [0.2, 0.25) is 15.9 Å². The second-order valence-corrected chi connectivity index (χ2v) is 10.5. The molecule has 6 nitrogen and oxygen atoms in total. The van der Waals surface area contributed by atoms with E-state index in [4.69, 9.17) is 11.6 Å². The van der Waals surface area contributed by atoms with Crippen molar-refractivity contribution in [1.29, 1.82) is 0 Å². The minimum atomic E-state index is -3.88. The first kappa shape index (κ1) is 21.7. The average molecular weight is 452 g/mol. The Bertz CT molecular complexity index is 1130. The quantitative estimate of drug-likeness (QED) is 0.549. The third kappa shape index (κ3) is 5.54. The number of hydrogen-bond donors (Lipinski definition) is 2. The molecule has 0 fully saturated rings. The van der Waals surface area contributed by atoms with E-state index >= 15 is 0 Å². The molecule has 3 rings (SSSR count). The average Bonchev–Trinajstić information content (AvgIpc) is 3.01. The van der Waals surface area contributed by atoms with E-state index in [0.717, 1.165) is 15.2 Å². The van der Waals surface area contributed by atoms with Crippen LogP contribution in [0.2, 0.25) is 5.02 Å². The summed E-state index contributed by atoms with van der Waals surface area (Å²) in [6.07, 6.45) is 0.362. The number of benzene rings is 2. The molecular weight excluding hydrogens is 430 g/mol. The number of thiazole rings is 1. The van der Waals surface area contributed by atoms with Crippen LogP contribution in [0.5, 0.6) is 0 Å². The fourth-order valence-electron chi connectivity index (χ4n) is 2.89. The standard InChI is InChI=1S/C20H22ClN3O3S2/c1-12(2)10-18(20(25)23-15-6-4-14(21)5-7-15)24-29(26,27)16-8-9-17-19(11-16)28-13(3)22-17/h4-9,11-12,18,24H,10H2,1-3H3,(H,23,25)/t18-/m0/s1. The van der Waals surface area contributed by atoms with E-state index in [9.17, 15) is 13.2 Å². The molecule has 9 heteroatoms. The highest BCUT2D eigenvalue weighted by Crippen LogP contribution is 2.25. The zero-order chi connectivity index (χ0) is 21.2. The molecule has 29 heavy (non-hydrogen) atoms. The summed E-state index contributed by atoms with van der Waals surface area (Å²) < 4.78 is 29.3. The summed E-state index contributed by atoms with van der Waals surface area (Å²) in [7, 11) is -3.88. The number of amides is 1. The maximum atomic E-state index is 13.0. The molecule has 2 aromatic carbocycles. The van der Waals surface area contributed by atoms with Crippen LogP contribution in [0.15, 0.2) is 47.4 Å². The molecule has 0 aliphatic rings. The summed E-state index contributed by atoms with van der Waals surface area (Å²) in [4.78, 5) is 17.2. The first-order valence-electron chi connectivity index (χ1n) is 9.10. The third-order valence-electron chi connectivity index (χ3n) is 4.21. The van der Waals surface area contributed by atoms with Crippen LogP contribution < -0.4 is 10.0 Å². The van der Waals surface area contributed by atoms with Gasteiger partial charge in [0.25, 0.3) is 0 Å². The van der Waals surface area contributed by atoms with Crippen molar-refractivity contribution in [3.05, 3.63) is 52.5 Å². The molecule has 0 saturated heterocycles. The normalized spacial score (nSPS) is 13.0. The Morgan fingerprint density at radius 2 is 1.86 bits per heavy atom. The lowest BCUT2D eigenvalue weighted by molar-refractivity contribution is -0.118. The first-order valence-corrected chi connectivity index (χ1v) is 11.8. The van der Waals surface area contributed by atoms with Gasteiger partial charge in [-0.15, -0.1) is 11.3 Å². The predicted octanol–water partition coefficient (Wildman–Crippen LogP) is 4.59. The van der Waals surface area contributed by atoms with Crippen LogP contribution in [-0.4, -0.2) is 25.4 Å². The number of rotatable bonds is 7. The maximum Gasteiger partial charge on any atom is 0.242 e. The van der Waals surface area contributed by atoms with Crippen molar-refractivity contribution in [3.63, 3.8) is 0 Å². The molecule has 2 N–H and O–H groups in total. The molecule has 0 spiro atoms. The van der Waals surface area contributed by atoms with Gasteiger partial charge in [0.1, 0.15) is 6.04 Å². The molecule has 0 aliphatic heterocycles. The van der Waals surface area contributed by atoms with E-state index in [2.05, 4.69) is 15.0 Å². The molecule has 1 atom stereocenters. The fraction of sp³-hybridized carbons (Fsp3) is 0.300. The topological polar surface area (TPSA) is 88.2 Å². The number of anilines is 1. The number of aromatic nitrogens is 1. The minimum absolute atomic E-state index is 0.113. The van der Waals surface area contributed by atoms with Gasteiger partial charge in [0, 0.05) is 10.7 Å². The van der Waals surface area contributed by atoms with Gasteiger partial charge in [-0.3, -0.25) is 4.79 Å². The lowest BCUT2D eigenvalue weighted by Crippen LogP contribution is -2.44. The van der Waals surface area contributed by atoms with Crippen molar-refractivity contribution in [3.8, 4) is 0 Å². The number of carbonyl (C=O) groups excluding carboxylic acids is 1. The third-order valence-corrected chi connectivity index (χ3v) is 6.86. The number of halogens is 1. The second-order valence-electron chi connectivity index (χ2n) is 7.16. The summed E-state index contributed by atoms with van der Waals surface area (Å²) in [6, 6.07) is 10.5. The smallest absolute Gasteiger partial charge is 0.242 e. The molecule has 0 saturated carbocycles. The molecule has 0 aliphatic carbocycles. The van der Waals surface area contributed by atoms with E-state index in [1.807, 2.05) is 20.8 Å². The largest absolute Gasteiger partial charge is 0.325 e. The van der Waals surface area contributed by atoms with Gasteiger partial charge in [-0.1, -0.05) is 25.4 Å². The van der Waals surface area contributed by atoms with Crippen LogP contribution in [-0.2, 0) is 14.8 Å². The second kappa shape index (κ2) is 8.79. The van der Waals surface area contributed by atoms with Crippen molar-refractivity contribution in [2.75, 3.05) is 5.32 Å². The number of sulfonamides is 1. The van der Waals surface area contributed by atoms with Crippen molar-refractivity contribution in [2.45, 2.75) is 38.1 Å². The molecule has 0 radical (unpaired) electrons. The summed E-state index contributed by atoms with van der Waals surface area (Å²) in [5.74, 6) is -0.301. The zero-order valence-corrected chi connectivity index (χ0v) is 18.7. The molecule has 0 bridgehead atoms. The summed E-state index contributed by atoms with van der Waals surface area (Å²) in [6.45, 7) is 5.74. The van der Waals surface area contributed by atoms with Gasteiger partial charge in [0.15, 0.2) is 0 Å². The van der Waals surface area contributed by atoms with Crippen LogP contribution in [0.3, 0.4) is 0 Å². The van der Waals surface area contributed by atoms with Crippen LogP contribution in [0.25, 0.3) is 10.2 Å². The van der Waals surface area contributed by atoms with Gasteiger partial charge >= 0.3 is 0 Å². The Balaban J connectivity index is 1.83. The van der Waals surface area contributed by atoms with Crippen molar-refractivity contribution in [1.82, 2.24) is 9.71 Å². The van der Waals surface area contributed by atoms with Gasteiger partial charge in [-0.25, -0.2) is 13.4 Å². The number of carbonyl (C=O) groups is 1. The Morgan fingerprint density at radius 3 is 2.52 bits per heavy atom. The molecule has 154 valence electrons. The predicted molar refractivity (Wildman–Crippen MR) is 118 cm³/mol. The molecular formula is C20H22ClN3O3S2. The van der Waals surface area contributed by atoms with Gasteiger partial charge in [0.05, 0.1) is 20.1 Å². The fourth-order valence-corrected chi connectivity index (χ4v) is 5.19. The van der Waals surface area contributed by atoms with Crippen LogP contribution in [0.4, 0.5) is 5.69 Å². The van der Waals surface area contributed by atoms with Gasteiger partial charge in [-0.2, -0.15) is 4.72 Å². The highest BCUT2D eigenvalue weighted by Gasteiger charge is 2.27. The monoisotopic (exact) mass is 451 g/mol. The van der Waals surface area contributed by atoms with Crippen LogP contribution in [0, 0.1) is 12.8 Å². The number of hydrogen-bond acceptors (Lipinski definition) is 5. The Labute approximate surface area is 179 Å². The number of nitrogens with one attached hydrogen (secondary N) is 2. The van der Waals surface area contributed by atoms with E-state index in [1.54, 1.807) is 36.4 Å². The van der Waals surface area contributed by atoms with Crippen molar-refractivity contribution in [2.24, 2.45) is 5.92 Å². The number of fused-ring (bicyclic) bond motifs is 1. The van der Waals surface area contributed by atoms with Crippen LogP contribution in [0.1, 0.15) is 25.3 Å².